The summed E-state index contributed by atoms with van der Waals surface area (Å²) in [7, 11) is -2.89. The van der Waals surface area contributed by atoms with E-state index in [1.165, 1.54) is 17.7 Å². The number of aromatic nitrogens is 1. The quantitative estimate of drug-likeness (QED) is 0.215. The van der Waals surface area contributed by atoms with Gasteiger partial charge in [0.25, 0.3) is 0 Å². The molecule has 9 heteroatoms. The molecule has 38 heavy (non-hydrogen) atoms. The van der Waals surface area contributed by atoms with Crippen molar-refractivity contribution in [2.75, 3.05) is 5.75 Å². The summed E-state index contributed by atoms with van der Waals surface area (Å²) in [6.07, 6.45) is 4.94. The van der Waals surface area contributed by atoms with Crippen molar-refractivity contribution in [1.29, 1.82) is 0 Å². The lowest BCUT2D eigenvalue weighted by Gasteiger charge is -2.42. The summed E-state index contributed by atoms with van der Waals surface area (Å²) in [5.41, 5.74) is 1.80. The zero-order valence-corrected chi connectivity index (χ0v) is 25.8. The molecule has 2 aromatic carbocycles. The molecule has 0 aliphatic carbocycles. The van der Waals surface area contributed by atoms with Gasteiger partial charge in [0.1, 0.15) is 4.75 Å². The van der Waals surface area contributed by atoms with E-state index in [0.717, 1.165) is 43.8 Å². The number of carbonyl (C=O) groups excluding carboxylic acids is 1. The first kappa shape index (κ1) is 26.8. The Kier molecular flexibility index (Phi) is 7.37. The molecule has 200 valence electrons. The van der Waals surface area contributed by atoms with Crippen molar-refractivity contribution >= 4 is 48.2 Å². The summed E-state index contributed by atoms with van der Waals surface area (Å²) >= 11 is 1.48. The Morgan fingerprint density at radius 1 is 1.05 bits per heavy atom. The Hall–Kier alpha value is -2.75. The van der Waals surface area contributed by atoms with Crippen molar-refractivity contribution in [2.45, 2.75) is 50.5 Å². The number of ether oxygens (including phenoxy) is 1. The maximum atomic E-state index is 13.9. The van der Waals surface area contributed by atoms with Crippen LogP contribution >= 0.6 is 11.3 Å². The number of fused-ring (bicyclic) bond motifs is 1. The van der Waals surface area contributed by atoms with Gasteiger partial charge in [0.15, 0.2) is 22.0 Å². The Morgan fingerprint density at radius 2 is 1.76 bits per heavy atom. The highest BCUT2D eigenvalue weighted by Gasteiger charge is 2.57. The number of benzene rings is 2. The lowest BCUT2D eigenvalue weighted by atomic mass is 9.78. The first-order valence-electron chi connectivity index (χ1n) is 13.1. The highest BCUT2D eigenvalue weighted by atomic mass is 32.2. The lowest BCUT2D eigenvalue weighted by Crippen LogP contribution is -2.51. The summed E-state index contributed by atoms with van der Waals surface area (Å²) in [4.78, 5) is 19.1. The number of sulfone groups is 1. The van der Waals surface area contributed by atoms with E-state index < -0.39 is 26.5 Å². The molecule has 2 aromatic heterocycles. The molecule has 0 spiro atoms. The average molecular weight is 568 g/mol. The number of oxazole rings is 1. The van der Waals surface area contributed by atoms with Gasteiger partial charge in [-0.25, -0.2) is 13.4 Å². The third kappa shape index (κ3) is 4.76. The second-order valence-corrected chi connectivity index (χ2v) is 15.8. The van der Waals surface area contributed by atoms with Gasteiger partial charge >= 0.3 is 5.97 Å². The highest BCUT2D eigenvalue weighted by molar-refractivity contribution is 7.92. The van der Waals surface area contributed by atoms with Crippen LogP contribution in [0.4, 0.5) is 0 Å². The van der Waals surface area contributed by atoms with Crippen molar-refractivity contribution in [3.05, 3.63) is 66.0 Å². The van der Waals surface area contributed by atoms with Crippen LogP contribution in [0.1, 0.15) is 44.9 Å². The van der Waals surface area contributed by atoms with Crippen molar-refractivity contribution in [1.82, 2.24) is 4.98 Å². The average Bonchev–Trinajstić information content (AvgIpc) is 3.57. The van der Waals surface area contributed by atoms with Crippen LogP contribution in [0, 0.1) is 11.8 Å². The maximum Gasteiger partial charge on any atom is 0.311 e. The lowest BCUT2D eigenvalue weighted by molar-refractivity contribution is -0.153. The summed E-state index contributed by atoms with van der Waals surface area (Å²) in [6, 6.07) is 16.3. The molecule has 0 N–H and O–H groups in total. The Labute approximate surface area is 230 Å². The van der Waals surface area contributed by atoms with Crippen molar-refractivity contribution in [2.24, 2.45) is 11.8 Å². The van der Waals surface area contributed by atoms with Crippen LogP contribution in [-0.4, -0.2) is 41.1 Å². The van der Waals surface area contributed by atoms with Gasteiger partial charge in [-0.15, -0.1) is 11.3 Å². The third-order valence-electron chi connectivity index (χ3n) is 7.41. The van der Waals surface area contributed by atoms with Crippen LogP contribution in [0.15, 0.2) is 65.5 Å². The second kappa shape index (κ2) is 10.4. The van der Waals surface area contributed by atoms with Gasteiger partial charge in [0.2, 0.25) is 0 Å². The predicted octanol–water partition coefficient (Wildman–Crippen LogP) is 5.54. The van der Waals surface area contributed by atoms with E-state index >= 15 is 0 Å². The molecule has 0 saturated carbocycles. The summed E-state index contributed by atoms with van der Waals surface area (Å²) < 4.78 is 37.6. The molecule has 4 aromatic rings. The van der Waals surface area contributed by atoms with Crippen LogP contribution < -0.4 is 0 Å². The number of esters is 1. The zero-order valence-electron chi connectivity index (χ0n) is 22.1. The predicted molar refractivity (Wildman–Crippen MR) is 156 cm³/mol. The van der Waals surface area contributed by atoms with E-state index in [-0.39, 0.29) is 17.4 Å². The molecular formula is C29H33NO5S2Si. The monoisotopic (exact) mass is 567 g/mol. The van der Waals surface area contributed by atoms with Gasteiger partial charge in [0, 0.05) is 15.3 Å². The van der Waals surface area contributed by atoms with Gasteiger partial charge in [-0.05, 0) is 66.3 Å². The zero-order chi connectivity index (χ0) is 27.1. The topological polar surface area (TPSA) is 86.5 Å². The van der Waals surface area contributed by atoms with Gasteiger partial charge < -0.3 is 9.15 Å². The normalized spacial score (nSPS) is 20.9. The molecule has 0 amide bonds. The standard InChI is InChI=1S/C29H33NO5S2Si/c1-18(2)27(28(31)35-19(3)38)29(12-4-5-13-37(29,32)33)26-11-10-25(36-26)23-9-7-20-14-22(8-6-21(20)15-23)24-16-30-17-34-24/h6-11,14-19,27H,4-5,12-13H2,1-3,38H3/t19?,27?,29-/m1/s1. The minimum absolute atomic E-state index is 0.0939. The Bertz CT molecular complexity index is 1560. The minimum Gasteiger partial charge on any atom is -0.467 e. The summed E-state index contributed by atoms with van der Waals surface area (Å²) in [5.74, 6) is -0.508. The number of nitrogens with zero attached hydrogens (tertiary/aromatic N) is 1. The highest BCUT2D eigenvalue weighted by Crippen LogP contribution is 2.52. The Morgan fingerprint density at radius 3 is 2.39 bits per heavy atom. The Balaban J connectivity index is 1.57. The van der Waals surface area contributed by atoms with E-state index in [1.54, 1.807) is 6.20 Å². The molecule has 5 rings (SSSR count). The van der Waals surface area contributed by atoms with Crippen molar-refractivity contribution in [3.8, 4) is 21.8 Å². The summed E-state index contributed by atoms with van der Waals surface area (Å²) in [5, 5.41) is 2.15. The van der Waals surface area contributed by atoms with Crippen LogP contribution in [0.25, 0.3) is 32.5 Å². The smallest absolute Gasteiger partial charge is 0.311 e. The van der Waals surface area contributed by atoms with E-state index in [4.69, 9.17) is 9.15 Å². The first-order chi connectivity index (χ1) is 18.1. The molecule has 1 saturated heterocycles. The van der Waals surface area contributed by atoms with E-state index in [1.807, 2.05) is 39.0 Å². The maximum absolute atomic E-state index is 13.9. The number of hydrogen-bond acceptors (Lipinski definition) is 7. The fraction of sp³-hybridized carbons (Fsp3) is 0.379. The van der Waals surface area contributed by atoms with Gasteiger partial charge in [0.05, 0.1) is 33.8 Å². The van der Waals surface area contributed by atoms with Crippen LogP contribution in [0.5, 0.6) is 0 Å². The molecule has 1 aliphatic rings. The molecule has 0 radical (unpaired) electrons. The third-order valence-corrected chi connectivity index (χ3v) is 11.7. The van der Waals surface area contributed by atoms with E-state index in [0.29, 0.717) is 23.1 Å². The molecule has 3 atom stereocenters. The number of carbonyl (C=O) groups is 1. The van der Waals surface area contributed by atoms with E-state index in [2.05, 4.69) is 35.3 Å². The number of hydrogen-bond donors (Lipinski definition) is 0. The molecule has 2 unspecified atom stereocenters. The molecular weight excluding hydrogens is 535 g/mol. The van der Waals surface area contributed by atoms with Crippen molar-refractivity contribution in [3.63, 3.8) is 0 Å². The number of rotatable bonds is 7. The minimum atomic E-state index is -3.59. The SMILES string of the molecule is CC([SiH3])OC(=O)C(C(C)C)[C@]1(c2ccc(-c3ccc4cc(-c5cnco5)ccc4c3)s2)CCCCS1(=O)=O. The van der Waals surface area contributed by atoms with Gasteiger partial charge in [-0.3, -0.25) is 4.79 Å². The van der Waals surface area contributed by atoms with Gasteiger partial charge in [-0.2, -0.15) is 0 Å². The second-order valence-electron chi connectivity index (χ2n) is 10.7. The molecule has 1 fully saturated rings. The number of thiophene rings is 1. The largest absolute Gasteiger partial charge is 0.467 e. The van der Waals surface area contributed by atoms with Crippen molar-refractivity contribution < 1.29 is 22.4 Å². The summed E-state index contributed by atoms with van der Waals surface area (Å²) in [6.45, 7) is 5.72. The molecule has 0 bridgehead atoms. The fourth-order valence-electron chi connectivity index (χ4n) is 5.73. The molecule has 1 aliphatic heterocycles. The molecule has 3 heterocycles. The van der Waals surface area contributed by atoms with E-state index in [9.17, 15) is 13.2 Å². The van der Waals surface area contributed by atoms with Gasteiger partial charge in [-0.1, -0.05) is 44.5 Å². The van der Waals surface area contributed by atoms with Crippen LogP contribution in [0.2, 0.25) is 0 Å². The first-order valence-corrected chi connectivity index (χ1v) is 16.7. The van der Waals surface area contributed by atoms with Crippen LogP contribution in [-0.2, 0) is 24.1 Å². The molecule has 6 nitrogen and oxygen atoms in total. The van der Waals surface area contributed by atoms with Crippen LogP contribution in [0.3, 0.4) is 0 Å². The fourth-order valence-corrected chi connectivity index (χ4v) is 10.2.